The molecular weight excluding hydrogens is 526 g/mol. The molecule has 1 rings (SSSR count). The van der Waals surface area contributed by atoms with Crippen molar-refractivity contribution in [1.29, 1.82) is 0 Å². The maximum Gasteiger partial charge on any atom is 0.513 e. The topological polar surface area (TPSA) is 170 Å². The second kappa shape index (κ2) is 19.5. The highest BCUT2D eigenvalue weighted by Gasteiger charge is 2.33. The molecule has 226 valence electrons. The summed E-state index contributed by atoms with van der Waals surface area (Å²) < 4.78 is 30.8. The number of rotatable bonds is 18. The molecule has 2 unspecified atom stereocenters. The SMILES string of the molecule is CCCCCOC(=O)Oc1ccc(C(C(C)COC(=O)OCCC)[C@H](N)C(=O)O)cc1OC(=O)OCCCCC. The predicted molar refractivity (Wildman–Crippen MR) is 145 cm³/mol. The molecule has 0 amide bonds. The van der Waals surface area contributed by atoms with Crippen LogP contribution in [0.25, 0.3) is 0 Å². The van der Waals surface area contributed by atoms with Gasteiger partial charge in [-0.25, -0.2) is 14.4 Å². The monoisotopic (exact) mass is 569 g/mol. The molecule has 3 atom stereocenters. The van der Waals surface area contributed by atoms with Gasteiger partial charge in [0.25, 0.3) is 0 Å². The molecule has 40 heavy (non-hydrogen) atoms. The van der Waals surface area contributed by atoms with Crippen molar-refractivity contribution in [3.05, 3.63) is 23.8 Å². The lowest BCUT2D eigenvalue weighted by molar-refractivity contribution is -0.139. The van der Waals surface area contributed by atoms with Crippen molar-refractivity contribution < 1.29 is 52.7 Å². The summed E-state index contributed by atoms with van der Waals surface area (Å²) in [6, 6.07) is 2.76. The van der Waals surface area contributed by atoms with Crippen LogP contribution in [0.2, 0.25) is 0 Å². The molecule has 0 aromatic heterocycles. The number of benzene rings is 1. The molecule has 0 aliphatic carbocycles. The van der Waals surface area contributed by atoms with Gasteiger partial charge in [0.05, 0.1) is 26.4 Å². The number of nitrogens with two attached hydrogens (primary N) is 1. The average molecular weight is 570 g/mol. The fraction of sp³-hybridized carbons (Fsp3) is 0.643. The lowest BCUT2D eigenvalue weighted by Crippen LogP contribution is -2.40. The van der Waals surface area contributed by atoms with Gasteiger partial charge >= 0.3 is 24.4 Å². The van der Waals surface area contributed by atoms with Crippen LogP contribution in [-0.2, 0) is 23.7 Å². The summed E-state index contributed by atoms with van der Waals surface area (Å²) in [4.78, 5) is 48.3. The number of hydrogen-bond donors (Lipinski definition) is 2. The molecule has 0 fully saturated rings. The summed E-state index contributed by atoms with van der Waals surface area (Å²) >= 11 is 0. The van der Waals surface area contributed by atoms with Crippen LogP contribution in [0.4, 0.5) is 14.4 Å². The maximum atomic E-state index is 12.4. The zero-order valence-corrected chi connectivity index (χ0v) is 23.8. The Kier molecular flexibility index (Phi) is 16.8. The van der Waals surface area contributed by atoms with E-state index in [1.54, 1.807) is 6.92 Å². The van der Waals surface area contributed by atoms with Crippen molar-refractivity contribution in [2.75, 3.05) is 26.4 Å². The lowest BCUT2D eigenvalue weighted by atomic mass is 9.82. The van der Waals surface area contributed by atoms with Crippen LogP contribution in [0.1, 0.15) is 84.1 Å². The molecule has 12 nitrogen and oxygen atoms in total. The fourth-order valence-electron chi connectivity index (χ4n) is 3.72. The van der Waals surface area contributed by atoms with E-state index in [1.165, 1.54) is 18.2 Å². The minimum atomic E-state index is -1.41. The molecule has 0 aliphatic rings. The molecule has 0 radical (unpaired) electrons. The lowest BCUT2D eigenvalue weighted by Gasteiger charge is -2.27. The number of carbonyl (C=O) groups excluding carboxylic acids is 3. The Bertz CT molecular complexity index is 937. The summed E-state index contributed by atoms with van der Waals surface area (Å²) in [7, 11) is 0. The molecule has 0 saturated heterocycles. The van der Waals surface area contributed by atoms with Crippen molar-refractivity contribution in [1.82, 2.24) is 0 Å². The molecule has 0 aliphatic heterocycles. The van der Waals surface area contributed by atoms with Crippen molar-refractivity contribution >= 4 is 24.4 Å². The van der Waals surface area contributed by atoms with Crippen molar-refractivity contribution in [3.8, 4) is 11.5 Å². The third kappa shape index (κ3) is 13.0. The van der Waals surface area contributed by atoms with Crippen LogP contribution in [-0.4, -0.2) is 62.0 Å². The second-order valence-electron chi connectivity index (χ2n) is 9.30. The zero-order valence-electron chi connectivity index (χ0n) is 23.8. The third-order valence-electron chi connectivity index (χ3n) is 5.85. The van der Waals surface area contributed by atoms with E-state index in [2.05, 4.69) is 0 Å². The third-order valence-corrected chi connectivity index (χ3v) is 5.85. The van der Waals surface area contributed by atoms with E-state index in [1.807, 2.05) is 20.8 Å². The Morgan fingerprint density at radius 3 is 1.82 bits per heavy atom. The molecule has 0 saturated carbocycles. The fourth-order valence-corrected chi connectivity index (χ4v) is 3.72. The van der Waals surface area contributed by atoms with Crippen molar-refractivity contribution in [2.24, 2.45) is 11.7 Å². The Morgan fingerprint density at radius 2 is 1.30 bits per heavy atom. The van der Waals surface area contributed by atoms with Crippen LogP contribution in [0.3, 0.4) is 0 Å². The Balaban J connectivity index is 3.22. The second-order valence-corrected chi connectivity index (χ2v) is 9.30. The van der Waals surface area contributed by atoms with Crippen LogP contribution in [0.5, 0.6) is 11.5 Å². The molecule has 0 heterocycles. The van der Waals surface area contributed by atoms with E-state index < -0.39 is 42.3 Å². The van der Waals surface area contributed by atoms with Gasteiger partial charge in [-0.3, -0.25) is 4.79 Å². The Morgan fingerprint density at radius 1 is 0.750 bits per heavy atom. The molecule has 3 N–H and O–H groups in total. The molecule has 12 heteroatoms. The molecule has 1 aromatic carbocycles. The summed E-state index contributed by atoms with van der Waals surface area (Å²) in [6.07, 6.45) is 2.65. The van der Waals surface area contributed by atoms with Crippen LogP contribution in [0.15, 0.2) is 18.2 Å². The first-order valence-corrected chi connectivity index (χ1v) is 13.8. The highest BCUT2D eigenvalue weighted by Crippen LogP contribution is 2.36. The zero-order chi connectivity index (χ0) is 29.9. The summed E-state index contributed by atoms with van der Waals surface area (Å²) in [5, 5.41) is 9.66. The van der Waals surface area contributed by atoms with Crippen molar-refractivity contribution in [2.45, 2.75) is 84.6 Å². The molecule has 1 aromatic rings. The van der Waals surface area contributed by atoms with E-state index in [4.69, 9.17) is 34.2 Å². The normalized spacial score (nSPS) is 12.9. The van der Waals surface area contributed by atoms with Gasteiger partial charge in [0.15, 0.2) is 11.5 Å². The highest BCUT2D eigenvalue weighted by atomic mass is 16.7. The van der Waals surface area contributed by atoms with E-state index in [0.29, 0.717) is 24.8 Å². The van der Waals surface area contributed by atoms with Gasteiger partial charge in [-0.2, -0.15) is 0 Å². The summed E-state index contributed by atoms with van der Waals surface area (Å²) in [6.45, 7) is 7.80. The Hall–Kier alpha value is -3.54. The number of aliphatic carboxylic acids is 1. The number of carbonyl (C=O) groups is 4. The first-order chi connectivity index (χ1) is 19.1. The highest BCUT2D eigenvalue weighted by molar-refractivity contribution is 5.75. The number of hydrogen-bond acceptors (Lipinski definition) is 11. The maximum absolute atomic E-state index is 12.4. The quantitative estimate of drug-likeness (QED) is 0.0945. The van der Waals surface area contributed by atoms with Gasteiger partial charge in [-0.15, -0.1) is 0 Å². The number of carboxylic acids is 1. The van der Waals surface area contributed by atoms with Crippen LogP contribution in [0, 0.1) is 5.92 Å². The number of unbranched alkanes of at least 4 members (excludes halogenated alkanes) is 4. The van der Waals surface area contributed by atoms with Crippen LogP contribution < -0.4 is 15.2 Å². The van der Waals surface area contributed by atoms with Crippen LogP contribution >= 0.6 is 0 Å². The first kappa shape index (κ1) is 34.5. The van der Waals surface area contributed by atoms with Gasteiger partial charge in [0.1, 0.15) is 6.04 Å². The minimum absolute atomic E-state index is 0.135. The Labute approximate surface area is 235 Å². The predicted octanol–water partition coefficient (Wildman–Crippen LogP) is 5.79. The number of ether oxygens (including phenoxy) is 6. The average Bonchev–Trinajstić information content (AvgIpc) is 2.92. The van der Waals surface area contributed by atoms with E-state index in [-0.39, 0.29) is 37.9 Å². The van der Waals surface area contributed by atoms with Gasteiger partial charge in [-0.1, -0.05) is 59.4 Å². The molecule has 0 spiro atoms. The van der Waals surface area contributed by atoms with Crippen molar-refractivity contribution in [3.63, 3.8) is 0 Å². The van der Waals surface area contributed by atoms with E-state index in [0.717, 1.165) is 25.7 Å². The summed E-state index contributed by atoms with van der Waals surface area (Å²) in [5.41, 5.74) is 6.35. The standard InChI is InChI=1S/C28H43NO11/c1-5-8-10-15-36-27(33)39-21-13-12-20(17-22(21)40-28(34)37-16-11-9-6-2)23(24(29)25(30)31)19(4)18-38-26(32)35-14-7-3/h12-13,17,19,23-24H,5-11,14-16,18,29H2,1-4H3,(H,30,31)/t19?,23?,24-/m0/s1. The van der Waals surface area contributed by atoms with Gasteiger partial charge in [0.2, 0.25) is 0 Å². The van der Waals surface area contributed by atoms with Gasteiger partial charge < -0.3 is 39.3 Å². The van der Waals surface area contributed by atoms with Gasteiger partial charge in [0, 0.05) is 5.92 Å². The summed E-state index contributed by atoms with van der Waals surface area (Å²) in [5.74, 6) is -3.11. The largest absolute Gasteiger partial charge is 0.513 e. The van der Waals surface area contributed by atoms with E-state index in [9.17, 15) is 24.3 Å². The molecular formula is C28H43NO11. The number of carboxylic acid groups (broad SMARTS) is 1. The van der Waals surface area contributed by atoms with E-state index >= 15 is 0 Å². The molecule has 0 bridgehead atoms. The smallest absolute Gasteiger partial charge is 0.480 e. The van der Waals surface area contributed by atoms with Gasteiger partial charge in [-0.05, 0) is 42.9 Å². The first-order valence-electron chi connectivity index (χ1n) is 13.8. The minimum Gasteiger partial charge on any atom is -0.480 e.